The fourth-order valence-electron chi connectivity index (χ4n) is 2.39. The number of nitro benzene ring substituents is 2. The van der Waals surface area contributed by atoms with Gasteiger partial charge in [-0.25, -0.2) is 0 Å². The van der Waals surface area contributed by atoms with E-state index in [1.54, 1.807) is 6.07 Å². The smallest absolute Gasteiger partial charge is 0.299 e. The summed E-state index contributed by atoms with van der Waals surface area (Å²) in [6, 6.07) is 8.55. The van der Waals surface area contributed by atoms with Gasteiger partial charge in [0.25, 0.3) is 17.3 Å². The van der Waals surface area contributed by atoms with Crippen molar-refractivity contribution in [2.45, 2.75) is 6.92 Å². The molecule has 1 N–H and O–H groups in total. The molecule has 1 aromatic heterocycles. The fraction of sp³-hybridized carbons (Fsp3) is 0.0625. The highest BCUT2D eigenvalue weighted by Crippen LogP contribution is 2.37. The molecule has 0 saturated heterocycles. The van der Waals surface area contributed by atoms with Crippen molar-refractivity contribution in [1.82, 2.24) is 0 Å². The van der Waals surface area contributed by atoms with Gasteiger partial charge in [0.05, 0.1) is 20.9 Å². The van der Waals surface area contributed by atoms with Crippen LogP contribution in [0.15, 0.2) is 36.4 Å². The Morgan fingerprint density at radius 1 is 1.12 bits per heavy atom. The largest absolute Gasteiger partial charge is 0.315 e. The van der Waals surface area contributed by atoms with Crippen LogP contribution in [0.4, 0.5) is 17.1 Å². The Labute approximate surface area is 155 Å². The number of amides is 1. The molecule has 26 heavy (non-hydrogen) atoms. The van der Waals surface area contributed by atoms with Crippen molar-refractivity contribution < 1.29 is 14.6 Å². The van der Waals surface area contributed by atoms with Gasteiger partial charge in [0.2, 0.25) is 0 Å². The lowest BCUT2D eigenvalue weighted by Gasteiger charge is -2.05. The quantitative estimate of drug-likeness (QED) is 0.500. The number of carbonyl (C=O) groups is 1. The van der Waals surface area contributed by atoms with E-state index in [-0.39, 0.29) is 15.6 Å². The van der Waals surface area contributed by atoms with Crippen molar-refractivity contribution in [3.05, 3.63) is 72.1 Å². The lowest BCUT2D eigenvalue weighted by Crippen LogP contribution is -2.12. The standard InChI is InChI=1S/C16H10ClN3O5S/c1-8-2-4-10-13(6-8)26-15(14(10)17)16(21)18-11-5-3-9(19(22)23)7-12(11)20(24)25/h2-7H,1H3,(H,18,21). The minimum absolute atomic E-state index is 0.143. The molecule has 1 amide bonds. The number of nitrogens with one attached hydrogen (secondary N) is 1. The zero-order valence-corrected chi connectivity index (χ0v) is 14.8. The number of nitrogens with zero attached hydrogens (tertiary/aromatic N) is 2. The fourth-order valence-corrected chi connectivity index (χ4v) is 3.90. The summed E-state index contributed by atoms with van der Waals surface area (Å²) >= 11 is 7.43. The minimum Gasteiger partial charge on any atom is -0.315 e. The van der Waals surface area contributed by atoms with E-state index in [2.05, 4.69) is 5.32 Å². The van der Waals surface area contributed by atoms with Crippen LogP contribution in [-0.4, -0.2) is 15.8 Å². The van der Waals surface area contributed by atoms with E-state index in [1.165, 1.54) is 11.3 Å². The van der Waals surface area contributed by atoms with Crippen LogP contribution in [0.5, 0.6) is 0 Å². The molecule has 0 atom stereocenters. The second kappa shape index (κ2) is 6.70. The lowest BCUT2D eigenvalue weighted by molar-refractivity contribution is -0.393. The molecule has 0 saturated carbocycles. The van der Waals surface area contributed by atoms with Gasteiger partial charge in [-0.3, -0.25) is 25.0 Å². The molecule has 0 unspecified atom stereocenters. The van der Waals surface area contributed by atoms with E-state index in [4.69, 9.17) is 11.6 Å². The van der Waals surface area contributed by atoms with E-state index in [1.807, 2.05) is 19.1 Å². The van der Waals surface area contributed by atoms with E-state index in [9.17, 15) is 25.0 Å². The Bertz CT molecular complexity index is 1080. The molecule has 0 radical (unpaired) electrons. The summed E-state index contributed by atoms with van der Waals surface area (Å²) < 4.78 is 0.818. The normalized spacial score (nSPS) is 10.7. The molecule has 0 aliphatic carbocycles. The van der Waals surface area contributed by atoms with Gasteiger partial charge in [-0.05, 0) is 24.6 Å². The maximum absolute atomic E-state index is 12.5. The van der Waals surface area contributed by atoms with E-state index in [0.717, 1.165) is 28.5 Å². The first-order valence-electron chi connectivity index (χ1n) is 7.20. The summed E-state index contributed by atoms with van der Waals surface area (Å²) in [6.45, 7) is 1.91. The van der Waals surface area contributed by atoms with Gasteiger partial charge in [0.15, 0.2) is 0 Å². The first-order valence-corrected chi connectivity index (χ1v) is 8.40. The van der Waals surface area contributed by atoms with Crippen LogP contribution in [0.2, 0.25) is 5.02 Å². The molecule has 1 heterocycles. The number of nitro groups is 2. The van der Waals surface area contributed by atoms with Gasteiger partial charge in [0, 0.05) is 16.2 Å². The second-order valence-electron chi connectivity index (χ2n) is 5.41. The zero-order chi connectivity index (χ0) is 19.0. The van der Waals surface area contributed by atoms with E-state index < -0.39 is 27.1 Å². The minimum atomic E-state index is -0.793. The molecule has 3 aromatic rings. The molecule has 2 aromatic carbocycles. The Hall–Kier alpha value is -3.04. The predicted molar refractivity (Wildman–Crippen MR) is 99.3 cm³/mol. The van der Waals surface area contributed by atoms with Crippen molar-refractivity contribution in [1.29, 1.82) is 0 Å². The number of non-ortho nitro benzene ring substituents is 1. The van der Waals surface area contributed by atoms with Gasteiger partial charge >= 0.3 is 0 Å². The van der Waals surface area contributed by atoms with Crippen molar-refractivity contribution >= 4 is 56.0 Å². The highest BCUT2D eigenvalue weighted by Gasteiger charge is 2.23. The Morgan fingerprint density at radius 2 is 1.85 bits per heavy atom. The van der Waals surface area contributed by atoms with Gasteiger partial charge < -0.3 is 5.32 Å². The third-order valence-electron chi connectivity index (χ3n) is 3.63. The van der Waals surface area contributed by atoms with Crippen molar-refractivity contribution in [3.63, 3.8) is 0 Å². The average molecular weight is 392 g/mol. The first-order chi connectivity index (χ1) is 12.3. The van der Waals surface area contributed by atoms with Crippen LogP contribution >= 0.6 is 22.9 Å². The van der Waals surface area contributed by atoms with Crippen LogP contribution in [-0.2, 0) is 0 Å². The monoisotopic (exact) mass is 391 g/mol. The third kappa shape index (κ3) is 3.22. The Morgan fingerprint density at radius 3 is 2.50 bits per heavy atom. The van der Waals surface area contributed by atoms with Crippen molar-refractivity contribution in [2.75, 3.05) is 5.32 Å². The van der Waals surface area contributed by atoms with Crippen LogP contribution in [0.1, 0.15) is 15.2 Å². The van der Waals surface area contributed by atoms with Crippen molar-refractivity contribution in [3.8, 4) is 0 Å². The molecule has 0 spiro atoms. The molecule has 0 aliphatic rings. The molecule has 132 valence electrons. The second-order valence-corrected chi connectivity index (χ2v) is 6.84. The molecular weight excluding hydrogens is 382 g/mol. The van der Waals surface area contributed by atoms with Gasteiger partial charge in [0.1, 0.15) is 10.6 Å². The SMILES string of the molecule is Cc1ccc2c(Cl)c(C(=O)Nc3ccc([N+](=O)[O-])cc3[N+](=O)[O-])sc2c1. The van der Waals surface area contributed by atoms with Gasteiger partial charge in [-0.15, -0.1) is 11.3 Å². The van der Waals surface area contributed by atoms with Gasteiger partial charge in [-0.2, -0.15) is 0 Å². The first kappa shape index (κ1) is 17.8. The van der Waals surface area contributed by atoms with E-state index >= 15 is 0 Å². The van der Waals surface area contributed by atoms with Crippen LogP contribution in [0.25, 0.3) is 10.1 Å². The molecule has 3 rings (SSSR count). The van der Waals surface area contributed by atoms with Crippen LogP contribution in [0, 0.1) is 27.2 Å². The number of hydrogen-bond donors (Lipinski definition) is 1. The van der Waals surface area contributed by atoms with Gasteiger partial charge in [-0.1, -0.05) is 23.7 Å². The molecule has 0 fully saturated rings. The highest BCUT2D eigenvalue weighted by atomic mass is 35.5. The molecular formula is C16H10ClN3O5S. The summed E-state index contributed by atoms with van der Waals surface area (Å²) in [4.78, 5) is 33.2. The van der Waals surface area contributed by atoms with Crippen LogP contribution < -0.4 is 5.32 Å². The number of thiophene rings is 1. The summed E-state index contributed by atoms with van der Waals surface area (Å²) in [5.74, 6) is -0.620. The van der Waals surface area contributed by atoms with E-state index in [0.29, 0.717) is 5.39 Å². The molecule has 0 bridgehead atoms. The topological polar surface area (TPSA) is 115 Å². The summed E-state index contributed by atoms with van der Waals surface area (Å²) in [7, 11) is 0. The number of anilines is 1. The molecule has 10 heteroatoms. The number of rotatable bonds is 4. The maximum atomic E-state index is 12.5. The Balaban J connectivity index is 1.99. The molecule has 8 nitrogen and oxygen atoms in total. The number of fused-ring (bicyclic) bond motifs is 1. The maximum Gasteiger partial charge on any atom is 0.299 e. The van der Waals surface area contributed by atoms with Crippen LogP contribution in [0.3, 0.4) is 0 Å². The number of carbonyl (C=O) groups excluding carboxylic acids is 1. The Kier molecular flexibility index (Phi) is 4.58. The summed E-state index contributed by atoms with van der Waals surface area (Å²) in [5.41, 5.74) is -0.144. The third-order valence-corrected chi connectivity index (χ3v) is 5.28. The summed E-state index contributed by atoms with van der Waals surface area (Å²) in [5, 5.41) is 25.3. The number of hydrogen-bond acceptors (Lipinski definition) is 6. The van der Waals surface area contributed by atoms with Crippen molar-refractivity contribution in [2.24, 2.45) is 0 Å². The zero-order valence-electron chi connectivity index (χ0n) is 13.2. The molecule has 0 aliphatic heterocycles. The number of benzene rings is 2. The lowest BCUT2D eigenvalue weighted by atomic mass is 10.2. The summed E-state index contributed by atoms with van der Waals surface area (Å²) in [6.07, 6.45) is 0. The number of halogens is 1. The number of aryl methyl sites for hydroxylation is 1. The average Bonchev–Trinajstić information content (AvgIpc) is 2.90. The predicted octanol–water partition coefficient (Wildman–Crippen LogP) is 4.93. The highest BCUT2D eigenvalue weighted by molar-refractivity contribution is 7.21.